The van der Waals surface area contributed by atoms with E-state index in [9.17, 15) is 14.4 Å². The number of carbonyl (C=O) groups excluding carboxylic acids is 3. The number of urea groups is 1. The molecule has 0 saturated heterocycles. The number of carbonyl (C=O) groups is 3. The van der Waals surface area contributed by atoms with Crippen molar-refractivity contribution >= 4 is 51.1 Å². The second-order valence-corrected chi connectivity index (χ2v) is 8.10. The Morgan fingerprint density at radius 3 is 2.78 bits per heavy atom. The Kier molecular flexibility index (Phi) is 6.24. The molecule has 0 aliphatic carbocycles. The van der Waals surface area contributed by atoms with Crippen LogP contribution >= 0.6 is 22.9 Å². The number of ether oxygens (including phenoxy) is 1. The Balaban J connectivity index is 1.38. The number of para-hydroxylation sites is 1. The second-order valence-electron chi connectivity index (χ2n) is 6.66. The van der Waals surface area contributed by atoms with E-state index in [0.717, 1.165) is 15.9 Å². The molecule has 0 aliphatic rings. The van der Waals surface area contributed by atoms with Crippen LogP contribution in [-0.4, -0.2) is 34.3 Å². The van der Waals surface area contributed by atoms with Crippen molar-refractivity contribution in [2.45, 2.75) is 13.5 Å². The van der Waals surface area contributed by atoms with Crippen LogP contribution < -0.4 is 10.6 Å². The van der Waals surface area contributed by atoms with E-state index < -0.39 is 24.5 Å². The molecule has 0 spiro atoms. The number of amides is 3. The minimum absolute atomic E-state index is 0.121. The van der Waals surface area contributed by atoms with E-state index in [1.165, 1.54) is 17.6 Å². The van der Waals surface area contributed by atoms with E-state index in [0.29, 0.717) is 21.3 Å². The van der Waals surface area contributed by atoms with E-state index in [1.54, 1.807) is 28.9 Å². The Morgan fingerprint density at radius 2 is 2.03 bits per heavy atom. The highest BCUT2D eigenvalue weighted by molar-refractivity contribution is 7.20. The SMILES string of the molecule is Cc1nn(-c2ccccc2Cl)c2sc(C(=O)OCC(=O)NC(=O)NCc3ccco3)cc12. The fourth-order valence-electron chi connectivity index (χ4n) is 2.92. The van der Waals surface area contributed by atoms with Crippen LogP contribution in [0, 0.1) is 6.92 Å². The summed E-state index contributed by atoms with van der Waals surface area (Å²) in [5.41, 5.74) is 1.41. The lowest BCUT2D eigenvalue weighted by Gasteiger charge is -2.06. The zero-order chi connectivity index (χ0) is 22.7. The van der Waals surface area contributed by atoms with E-state index in [-0.39, 0.29) is 6.54 Å². The molecule has 0 saturated carbocycles. The van der Waals surface area contributed by atoms with Gasteiger partial charge in [-0.2, -0.15) is 5.10 Å². The number of imide groups is 1. The number of hydrogen-bond donors (Lipinski definition) is 2. The van der Waals surface area contributed by atoms with Crippen LogP contribution in [0.1, 0.15) is 21.1 Å². The molecule has 4 aromatic rings. The number of fused-ring (bicyclic) bond motifs is 1. The van der Waals surface area contributed by atoms with Crippen molar-refractivity contribution in [2.75, 3.05) is 6.61 Å². The van der Waals surface area contributed by atoms with Crippen LogP contribution in [0.3, 0.4) is 0 Å². The van der Waals surface area contributed by atoms with Crippen LogP contribution in [0.5, 0.6) is 0 Å². The smallest absolute Gasteiger partial charge is 0.348 e. The number of aromatic nitrogens is 2. The van der Waals surface area contributed by atoms with E-state index >= 15 is 0 Å². The summed E-state index contributed by atoms with van der Waals surface area (Å²) in [4.78, 5) is 37.1. The summed E-state index contributed by atoms with van der Waals surface area (Å²) in [5.74, 6) is -0.897. The first-order valence-electron chi connectivity index (χ1n) is 9.43. The molecule has 4 rings (SSSR count). The molecular formula is C21H17ClN4O5S. The van der Waals surface area contributed by atoms with E-state index in [2.05, 4.69) is 15.7 Å². The number of thiophene rings is 1. The van der Waals surface area contributed by atoms with Crippen molar-refractivity contribution in [3.63, 3.8) is 0 Å². The van der Waals surface area contributed by atoms with Crippen LogP contribution in [0.15, 0.2) is 53.1 Å². The highest BCUT2D eigenvalue weighted by atomic mass is 35.5. The van der Waals surface area contributed by atoms with Gasteiger partial charge in [0.2, 0.25) is 0 Å². The van der Waals surface area contributed by atoms with E-state index in [4.69, 9.17) is 20.8 Å². The second kappa shape index (κ2) is 9.25. The maximum absolute atomic E-state index is 12.4. The van der Waals surface area contributed by atoms with Crippen LogP contribution in [-0.2, 0) is 16.1 Å². The van der Waals surface area contributed by atoms with Gasteiger partial charge in [-0.1, -0.05) is 23.7 Å². The lowest BCUT2D eigenvalue weighted by molar-refractivity contribution is -0.123. The molecule has 9 nitrogen and oxygen atoms in total. The first kappa shape index (κ1) is 21.6. The van der Waals surface area contributed by atoms with Crippen molar-refractivity contribution in [2.24, 2.45) is 0 Å². The molecule has 0 radical (unpaired) electrons. The molecule has 32 heavy (non-hydrogen) atoms. The average molecular weight is 473 g/mol. The number of nitrogens with one attached hydrogen (secondary N) is 2. The summed E-state index contributed by atoms with van der Waals surface area (Å²) < 4.78 is 11.8. The molecule has 0 bridgehead atoms. The van der Waals surface area contributed by atoms with Gasteiger partial charge in [0.05, 0.1) is 29.2 Å². The lowest BCUT2D eigenvalue weighted by atomic mass is 10.3. The Labute approximate surface area is 190 Å². The van der Waals surface area contributed by atoms with Crippen LogP contribution in [0.25, 0.3) is 15.9 Å². The van der Waals surface area contributed by atoms with Gasteiger partial charge in [-0.3, -0.25) is 10.1 Å². The van der Waals surface area contributed by atoms with Crippen LogP contribution in [0.2, 0.25) is 5.02 Å². The summed E-state index contributed by atoms with van der Waals surface area (Å²) in [6.45, 7) is 1.35. The van der Waals surface area contributed by atoms with Gasteiger partial charge in [-0.15, -0.1) is 11.3 Å². The molecule has 3 aromatic heterocycles. The van der Waals surface area contributed by atoms with Gasteiger partial charge >= 0.3 is 12.0 Å². The van der Waals surface area contributed by atoms with E-state index in [1.807, 2.05) is 25.1 Å². The number of nitrogens with zero attached hydrogens (tertiary/aromatic N) is 2. The van der Waals surface area contributed by atoms with Gasteiger partial charge in [-0.05, 0) is 37.3 Å². The quantitative estimate of drug-likeness (QED) is 0.412. The lowest BCUT2D eigenvalue weighted by Crippen LogP contribution is -2.41. The first-order chi connectivity index (χ1) is 15.4. The molecule has 0 atom stereocenters. The largest absolute Gasteiger partial charge is 0.467 e. The maximum atomic E-state index is 12.4. The molecule has 3 heterocycles. The molecule has 0 unspecified atom stereocenters. The first-order valence-corrected chi connectivity index (χ1v) is 10.6. The number of rotatable bonds is 6. The van der Waals surface area contributed by atoms with Gasteiger partial charge in [0, 0.05) is 5.39 Å². The number of benzene rings is 1. The minimum atomic E-state index is -0.755. The van der Waals surface area contributed by atoms with Gasteiger partial charge in [0.1, 0.15) is 15.5 Å². The zero-order valence-electron chi connectivity index (χ0n) is 16.8. The highest BCUT2D eigenvalue weighted by Gasteiger charge is 2.20. The summed E-state index contributed by atoms with van der Waals surface area (Å²) in [6, 6.07) is 11.5. The van der Waals surface area contributed by atoms with Crippen molar-refractivity contribution in [1.29, 1.82) is 0 Å². The number of furan rings is 1. The van der Waals surface area contributed by atoms with Gasteiger partial charge in [-0.25, -0.2) is 14.3 Å². The molecule has 2 N–H and O–H groups in total. The van der Waals surface area contributed by atoms with Crippen molar-refractivity contribution in [3.8, 4) is 5.69 Å². The fourth-order valence-corrected chi connectivity index (χ4v) is 4.21. The summed E-state index contributed by atoms with van der Waals surface area (Å²) >= 11 is 7.46. The topological polar surface area (TPSA) is 115 Å². The predicted molar refractivity (Wildman–Crippen MR) is 118 cm³/mol. The molecule has 164 valence electrons. The van der Waals surface area contributed by atoms with Crippen molar-refractivity contribution in [1.82, 2.24) is 20.4 Å². The summed E-state index contributed by atoms with van der Waals surface area (Å²) in [6.07, 6.45) is 1.47. The number of aryl methyl sites for hydroxylation is 1. The monoisotopic (exact) mass is 472 g/mol. The fraction of sp³-hybridized carbons (Fsp3) is 0.143. The van der Waals surface area contributed by atoms with Gasteiger partial charge in [0.15, 0.2) is 6.61 Å². The average Bonchev–Trinajstić information content (AvgIpc) is 3.50. The van der Waals surface area contributed by atoms with Gasteiger partial charge in [0.25, 0.3) is 5.91 Å². The zero-order valence-corrected chi connectivity index (χ0v) is 18.3. The number of halogens is 1. The third kappa shape index (κ3) is 4.66. The minimum Gasteiger partial charge on any atom is -0.467 e. The van der Waals surface area contributed by atoms with Gasteiger partial charge < -0.3 is 14.5 Å². The maximum Gasteiger partial charge on any atom is 0.348 e. The van der Waals surface area contributed by atoms with Crippen LogP contribution in [0.4, 0.5) is 4.79 Å². The molecule has 11 heteroatoms. The number of hydrogen-bond acceptors (Lipinski definition) is 7. The number of esters is 1. The summed E-state index contributed by atoms with van der Waals surface area (Å²) in [7, 11) is 0. The predicted octanol–water partition coefficient (Wildman–Crippen LogP) is 3.82. The molecule has 0 aliphatic heterocycles. The Morgan fingerprint density at radius 1 is 1.22 bits per heavy atom. The molecular weight excluding hydrogens is 456 g/mol. The third-order valence-electron chi connectivity index (χ3n) is 4.42. The molecule has 1 aromatic carbocycles. The van der Waals surface area contributed by atoms with Crippen molar-refractivity contribution < 1.29 is 23.5 Å². The standard InChI is InChI=1S/C21H17ClN4O5S/c1-12-14-9-17(32-19(14)26(25-12)16-7-3-2-6-15(16)22)20(28)31-11-18(27)24-21(29)23-10-13-5-4-8-30-13/h2-9H,10-11H2,1H3,(H2,23,24,27,29). The Bertz CT molecular complexity index is 1300. The molecule has 0 fully saturated rings. The summed E-state index contributed by atoms with van der Waals surface area (Å²) in [5, 5.41) is 10.3. The highest BCUT2D eigenvalue weighted by Crippen LogP contribution is 2.32. The third-order valence-corrected chi connectivity index (χ3v) is 5.83. The molecule has 3 amide bonds. The van der Waals surface area contributed by atoms with Crippen molar-refractivity contribution in [3.05, 3.63) is 70.1 Å². The normalized spacial score (nSPS) is 10.8. The Hall–Kier alpha value is -3.63.